The molecule has 3 N–H and O–H groups in total. The zero-order valence-corrected chi connectivity index (χ0v) is 20.9. The lowest BCUT2D eigenvalue weighted by Gasteiger charge is -2.63. The Bertz CT molecular complexity index is 783. The van der Waals surface area contributed by atoms with E-state index in [-0.39, 0.29) is 40.2 Å². The first-order valence-electron chi connectivity index (χ1n) is 13.5. The van der Waals surface area contributed by atoms with Crippen LogP contribution in [0.15, 0.2) is 0 Å². The Morgan fingerprint density at radius 2 is 1.79 bits per heavy atom. The van der Waals surface area contributed by atoms with Gasteiger partial charge in [-0.05, 0) is 87.9 Å². The third-order valence-corrected chi connectivity index (χ3v) is 11.4. The van der Waals surface area contributed by atoms with Crippen LogP contribution in [-0.4, -0.2) is 63.1 Å². The van der Waals surface area contributed by atoms with Crippen molar-refractivity contribution in [3.63, 3.8) is 0 Å². The molecule has 1 saturated heterocycles. The van der Waals surface area contributed by atoms with Crippen LogP contribution in [0.3, 0.4) is 0 Å². The lowest BCUT2D eigenvalue weighted by molar-refractivity contribution is -0.492. The van der Waals surface area contributed by atoms with Crippen molar-refractivity contribution in [2.75, 3.05) is 6.54 Å². The number of rotatable bonds is 4. The summed E-state index contributed by atoms with van der Waals surface area (Å²) in [5.74, 6) is 1.16. The Morgan fingerprint density at radius 1 is 1.03 bits per heavy atom. The zero-order valence-electron chi connectivity index (χ0n) is 20.9. The van der Waals surface area contributed by atoms with E-state index >= 15 is 0 Å². The number of ether oxygens (including phenoxy) is 2. The minimum absolute atomic E-state index is 0.0251. The largest absolute Gasteiger partial charge is 0.390 e. The summed E-state index contributed by atoms with van der Waals surface area (Å²) in [5, 5.41) is 43.5. The van der Waals surface area contributed by atoms with E-state index in [0.29, 0.717) is 24.7 Å². The van der Waals surface area contributed by atoms with Crippen molar-refractivity contribution in [2.45, 2.75) is 121 Å². The monoisotopic (exact) mass is 481 g/mol. The summed E-state index contributed by atoms with van der Waals surface area (Å²) in [7, 11) is 0. The SMILES string of the molecule is CC1O[C@@H](O[C@H]2CC[C@]3(C)C4CC[C@]5(C)[C@@H](C[N+](=O)[O-])CC[C@]5(O)C4CC[C@@H]3C2)C[C@@H](O)[C@@H]1O. The summed E-state index contributed by atoms with van der Waals surface area (Å²) in [4.78, 5) is 11.1. The molecule has 4 aliphatic carbocycles. The Hall–Kier alpha value is -0.800. The summed E-state index contributed by atoms with van der Waals surface area (Å²) < 4.78 is 12.1. The third-order valence-electron chi connectivity index (χ3n) is 11.4. The molecule has 4 saturated carbocycles. The molecular formula is C26H43NO7. The fourth-order valence-electron chi connectivity index (χ4n) is 9.22. The second kappa shape index (κ2) is 8.65. The molecule has 5 fully saturated rings. The summed E-state index contributed by atoms with van der Waals surface area (Å²) in [6.45, 7) is 6.28. The summed E-state index contributed by atoms with van der Waals surface area (Å²) in [6, 6.07) is 0. The lowest BCUT2D eigenvalue weighted by Crippen LogP contribution is -2.62. The Balaban J connectivity index is 1.27. The maximum Gasteiger partial charge on any atom is 0.207 e. The van der Waals surface area contributed by atoms with E-state index in [1.165, 1.54) is 0 Å². The van der Waals surface area contributed by atoms with Gasteiger partial charge in [-0.2, -0.15) is 0 Å². The van der Waals surface area contributed by atoms with E-state index in [2.05, 4.69) is 13.8 Å². The summed E-state index contributed by atoms with van der Waals surface area (Å²) in [6.07, 6.45) is 6.13. The number of fused-ring (bicyclic) bond motifs is 5. The van der Waals surface area contributed by atoms with E-state index in [9.17, 15) is 25.4 Å². The average Bonchev–Trinajstić information content (AvgIpc) is 3.03. The number of aliphatic hydroxyl groups is 3. The smallest absolute Gasteiger partial charge is 0.207 e. The van der Waals surface area contributed by atoms with Gasteiger partial charge in [0.25, 0.3) is 0 Å². The number of hydrogen-bond acceptors (Lipinski definition) is 7. The van der Waals surface area contributed by atoms with E-state index in [1.807, 2.05) is 0 Å². The van der Waals surface area contributed by atoms with Crippen molar-refractivity contribution in [2.24, 2.45) is 34.5 Å². The van der Waals surface area contributed by atoms with Crippen LogP contribution in [0.4, 0.5) is 0 Å². The quantitative estimate of drug-likeness (QED) is 0.320. The normalized spacial score (nSPS) is 55.2. The van der Waals surface area contributed by atoms with Crippen LogP contribution in [0.1, 0.15) is 85.0 Å². The van der Waals surface area contributed by atoms with Gasteiger partial charge in [0.1, 0.15) is 6.10 Å². The molecule has 8 nitrogen and oxygen atoms in total. The maximum absolute atomic E-state index is 12.1. The molecule has 8 heteroatoms. The molecular weight excluding hydrogens is 438 g/mol. The van der Waals surface area contributed by atoms with Crippen LogP contribution in [0.25, 0.3) is 0 Å². The molecule has 34 heavy (non-hydrogen) atoms. The minimum atomic E-state index is -0.867. The molecule has 5 aliphatic rings. The van der Waals surface area contributed by atoms with Gasteiger partial charge < -0.3 is 24.8 Å². The van der Waals surface area contributed by atoms with Gasteiger partial charge in [-0.1, -0.05) is 13.8 Å². The second-order valence-corrected chi connectivity index (χ2v) is 12.7. The van der Waals surface area contributed by atoms with Crippen LogP contribution < -0.4 is 0 Å². The molecule has 1 aliphatic heterocycles. The van der Waals surface area contributed by atoms with Crippen molar-refractivity contribution in [1.29, 1.82) is 0 Å². The fourth-order valence-corrected chi connectivity index (χ4v) is 9.22. The zero-order chi connectivity index (χ0) is 24.5. The van der Waals surface area contributed by atoms with Crippen molar-refractivity contribution in [3.8, 4) is 0 Å². The Kier molecular flexibility index (Phi) is 6.33. The predicted octanol–water partition coefficient (Wildman–Crippen LogP) is 3.28. The fraction of sp³-hybridized carbons (Fsp3) is 1.00. The first-order chi connectivity index (χ1) is 16.0. The van der Waals surface area contributed by atoms with E-state index in [0.717, 1.165) is 51.4 Å². The molecule has 0 aromatic heterocycles. The first kappa shape index (κ1) is 24.9. The van der Waals surface area contributed by atoms with Gasteiger partial charge in [0.05, 0.1) is 23.9 Å². The highest BCUT2D eigenvalue weighted by Crippen LogP contribution is 2.69. The molecule has 0 radical (unpaired) electrons. The van der Waals surface area contributed by atoms with Gasteiger partial charge in [0, 0.05) is 22.7 Å². The van der Waals surface area contributed by atoms with Gasteiger partial charge in [0.15, 0.2) is 6.29 Å². The Labute approximate surface area is 202 Å². The molecule has 0 aromatic rings. The molecule has 1 heterocycles. The lowest BCUT2D eigenvalue weighted by atomic mass is 9.43. The molecule has 5 rings (SSSR count). The number of nitro groups is 1. The van der Waals surface area contributed by atoms with Gasteiger partial charge >= 0.3 is 0 Å². The maximum atomic E-state index is 12.1. The number of aliphatic hydroxyl groups excluding tert-OH is 2. The molecule has 3 unspecified atom stereocenters. The van der Waals surface area contributed by atoms with Crippen LogP contribution in [-0.2, 0) is 9.47 Å². The highest BCUT2D eigenvalue weighted by Gasteiger charge is 2.67. The van der Waals surface area contributed by atoms with Gasteiger partial charge in [-0.3, -0.25) is 10.1 Å². The topological polar surface area (TPSA) is 122 Å². The summed E-state index contributed by atoms with van der Waals surface area (Å²) in [5.41, 5.74) is -0.996. The van der Waals surface area contributed by atoms with Crippen molar-refractivity contribution >= 4 is 0 Å². The van der Waals surface area contributed by atoms with E-state index < -0.39 is 30.2 Å². The molecule has 12 atom stereocenters. The van der Waals surface area contributed by atoms with Crippen molar-refractivity contribution in [3.05, 3.63) is 10.1 Å². The van der Waals surface area contributed by atoms with Crippen molar-refractivity contribution < 1.29 is 29.7 Å². The van der Waals surface area contributed by atoms with Crippen LogP contribution in [0.5, 0.6) is 0 Å². The standard InChI is InChI=1S/C26H43NO7/c1-15-23(29)21(28)13-22(33-15)34-18-7-9-24(2)16(12-18)4-5-20-19(24)8-10-25(3)17(14-27(31)32)6-11-26(20,25)30/h15-23,28-30H,4-14H2,1-3H3/t15?,16-,17-,18+,19?,20?,21-,22+,23-,24+,25-,26+/m1/s1. The average molecular weight is 482 g/mol. The molecule has 194 valence electrons. The molecule has 0 bridgehead atoms. The first-order valence-corrected chi connectivity index (χ1v) is 13.5. The van der Waals surface area contributed by atoms with Crippen LogP contribution >= 0.6 is 0 Å². The third kappa shape index (κ3) is 3.74. The van der Waals surface area contributed by atoms with Gasteiger partial charge in [0.2, 0.25) is 6.54 Å². The second-order valence-electron chi connectivity index (χ2n) is 12.7. The molecule has 0 amide bonds. The van der Waals surface area contributed by atoms with Crippen molar-refractivity contribution in [1.82, 2.24) is 0 Å². The number of nitrogens with zero attached hydrogens (tertiary/aromatic N) is 1. The highest BCUT2D eigenvalue weighted by atomic mass is 16.7. The minimum Gasteiger partial charge on any atom is -0.390 e. The van der Waals surface area contributed by atoms with Crippen LogP contribution in [0.2, 0.25) is 0 Å². The van der Waals surface area contributed by atoms with Gasteiger partial charge in [-0.25, -0.2) is 0 Å². The van der Waals surface area contributed by atoms with Gasteiger partial charge in [-0.15, -0.1) is 0 Å². The van der Waals surface area contributed by atoms with E-state index in [4.69, 9.17) is 9.47 Å². The van der Waals surface area contributed by atoms with Crippen LogP contribution in [0, 0.1) is 44.6 Å². The molecule has 0 aromatic carbocycles. The highest BCUT2D eigenvalue weighted by molar-refractivity contribution is 5.16. The summed E-state index contributed by atoms with van der Waals surface area (Å²) >= 11 is 0. The predicted molar refractivity (Wildman–Crippen MR) is 124 cm³/mol. The Morgan fingerprint density at radius 3 is 2.50 bits per heavy atom. The molecule has 0 spiro atoms. The van der Waals surface area contributed by atoms with E-state index in [1.54, 1.807) is 6.92 Å². The number of hydrogen-bond donors (Lipinski definition) is 3.